The van der Waals surface area contributed by atoms with E-state index in [1.807, 2.05) is 13.8 Å². The molecule has 0 radical (unpaired) electrons. The summed E-state index contributed by atoms with van der Waals surface area (Å²) in [6.07, 6.45) is 4.72. The Morgan fingerprint density at radius 3 is 2.83 bits per heavy atom. The van der Waals surface area contributed by atoms with Crippen LogP contribution < -0.4 is 10.9 Å². The van der Waals surface area contributed by atoms with Gasteiger partial charge in [0.15, 0.2) is 0 Å². The molecule has 1 fully saturated rings. The molecule has 7 heteroatoms. The predicted molar refractivity (Wildman–Crippen MR) is 86.7 cm³/mol. The van der Waals surface area contributed by atoms with Gasteiger partial charge in [0.25, 0.3) is 5.56 Å². The Labute approximate surface area is 134 Å². The van der Waals surface area contributed by atoms with Crippen molar-refractivity contribution >= 4 is 11.7 Å². The number of aromatic nitrogens is 4. The Hall–Kier alpha value is -2.44. The van der Waals surface area contributed by atoms with Crippen molar-refractivity contribution in [3.8, 4) is 5.95 Å². The van der Waals surface area contributed by atoms with Crippen molar-refractivity contribution in [3.63, 3.8) is 0 Å². The second-order valence-electron chi connectivity index (χ2n) is 5.97. The quantitative estimate of drug-likeness (QED) is 0.902. The fourth-order valence-corrected chi connectivity index (χ4v) is 2.94. The van der Waals surface area contributed by atoms with Gasteiger partial charge in [-0.15, -0.1) is 0 Å². The summed E-state index contributed by atoms with van der Waals surface area (Å²) in [6.45, 7) is 3.77. The normalized spacial score (nSPS) is 15.0. The minimum atomic E-state index is -0.229. The zero-order chi connectivity index (χ0) is 16.4. The number of rotatable bonds is 4. The van der Waals surface area contributed by atoms with Crippen molar-refractivity contribution in [2.24, 2.45) is 5.92 Å². The van der Waals surface area contributed by atoms with E-state index in [-0.39, 0.29) is 17.4 Å². The van der Waals surface area contributed by atoms with Crippen LogP contribution in [-0.4, -0.2) is 25.7 Å². The lowest BCUT2D eigenvalue weighted by Gasteiger charge is -2.11. The molecule has 1 amide bonds. The van der Waals surface area contributed by atoms with Crippen molar-refractivity contribution in [2.75, 3.05) is 5.32 Å². The third-order valence-corrected chi connectivity index (χ3v) is 4.15. The number of hydrogen-bond donors (Lipinski definition) is 2. The number of aryl methyl sites for hydroxylation is 2. The summed E-state index contributed by atoms with van der Waals surface area (Å²) >= 11 is 0. The van der Waals surface area contributed by atoms with Gasteiger partial charge in [-0.25, -0.2) is 4.98 Å². The van der Waals surface area contributed by atoms with E-state index in [1.165, 1.54) is 10.7 Å². The van der Waals surface area contributed by atoms with Gasteiger partial charge in [-0.1, -0.05) is 19.8 Å². The monoisotopic (exact) mass is 315 g/mol. The molecule has 0 unspecified atom stereocenters. The Morgan fingerprint density at radius 2 is 2.13 bits per heavy atom. The lowest BCUT2D eigenvalue weighted by atomic mass is 10.1. The Bertz CT molecular complexity index is 771. The van der Waals surface area contributed by atoms with Crippen LogP contribution in [0.3, 0.4) is 0 Å². The largest absolute Gasteiger partial charge is 0.310 e. The molecular weight excluding hydrogens is 294 g/mol. The van der Waals surface area contributed by atoms with Gasteiger partial charge < -0.3 is 5.32 Å². The first kappa shape index (κ1) is 15.5. The topological polar surface area (TPSA) is 92.7 Å². The van der Waals surface area contributed by atoms with E-state index in [1.54, 1.807) is 6.07 Å². The molecule has 0 bridgehead atoms. The first-order valence-corrected chi connectivity index (χ1v) is 8.05. The standard InChI is InChI=1S/C16H21N5O2/c1-3-12-9-14(22)19-16(17-12)21-13(8-10(2)20-21)18-15(23)11-6-4-5-7-11/h8-9,11H,3-7H2,1-2H3,(H,18,23)(H,17,19,22). The molecular formula is C16H21N5O2. The number of amides is 1. The van der Waals surface area contributed by atoms with E-state index in [0.29, 0.717) is 23.9 Å². The van der Waals surface area contributed by atoms with Gasteiger partial charge in [0.2, 0.25) is 11.9 Å². The Balaban J connectivity index is 1.92. The van der Waals surface area contributed by atoms with E-state index in [9.17, 15) is 9.59 Å². The Kier molecular flexibility index (Phi) is 4.27. The molecule has 2 heterocycles. The smallest absolute Gasteiger partial charge is 0.252 e. The molecule has 2 N–H and O–H groups in total. The maximum absolute atomic E-state index is 12.4. The first-order chi connectivity index (χ1) is 11.1. The summed E-state index contributed by atoms with van der Waals surface area (Å²) in [4.78, 5) is 31.2. The van der Waals surface area contributed by atoms with E-state index < -0.39 is 0 Å². The molecule has 2 aromatic rings. The number of anilines is 1. The van der Waals surface area contributed by atoms with Crippen molar-refractivity contribution in [1.82, 2.24) is 19.7 Å². The third kappa shape index (κ3) is 3.33. The predicted octanol–water partition coefficient (Wildman–Crippen LogP) is 1.96. The molecule has 0 aliphatic heterocycles. The molecule has 1 aliphatic rings. The van der Waals surface area contributed by atoms with Gasteiger partial charge in [0, 0.05) is 23.7 Å². The van der Waals surface area contributed by atoms with Gasteiger partial charge in [0.05, 0.1) is 5.69 Å². The van der Waals surface area contributed by atoms with Gasteiger partial charge in [-0.05, 0) is 26.2 Å². The minimum Gasteiger partial charge on any atom is -0.310 e. The summed E-state index contributed by atoms with van der Waals surface area (Å²) in [5, 5.41) is 7.27. The highest BCUT2D eigenvalue weighted by atomic mass is 16.2. The van der Waals surface area contributed by atoms with Gasteiger partial charge >= 0.3 is 0 Å². The number of nitrogens with one attached hydrogen (secondary N) is 2. The maximum Gasteiger partial charge on any atom is 0.252 e. The Morgan fingerprint density at radius 1 is 1.39 bits per heavy atom. The summed E-state index contributed by atoms with van der Waals surface area (Å²) in [7, 11) is 0. The van der Waals surface area contributed by atoms with E-state index in [2.05, 4.69) is 20.4 Å². The van der Waals surface area contributed by atoms with Crippen molar-refractivity contribution in [3.05, 3.63) is 33.9 Å². The average molecular weight is 315 g/mol. The molecule has 0 saturated heterocycles. The molecule has 2 aromatic heterocycles. The molecule has 23 heavy (non-hydrogen) atoms. The lowest BCUT2D eigenvalue weighted by molar-refractivity contribution is -0.119. The minimum absolute atomic E-state index is 0.0117. The van der Waals surface area contributed by atoms with E-state index in [0.717, 1.165) is 31.4 Å². The van der Waals surface area contributed by atoms with Gasteiger partial charge in [-0.3, -0.25) is 14.6 Å². The zero-order valence-electron chi connectivity index (χ0n) is 13.4. The molecule has 122 valence electrons. The van der Waals surface area contributed by atoms with Crippen molar-refractivity contribution < 1.29 is 4.79 Å². The van der Waals surface area contributed by atoms with Gasteiger partial charge in [0.1, 0.15) is 5.82 Å². The highest BCUT2D eigenvalue weighted by Crippen LogP contribution is 2.26. The van der Waals surface area contributed by atoms with Crippen LogP contribution in [0.25, 0.3) is 5.95 Å². The number of nitrogens with zero attached hydrogens (tertiary/aromatic N) is 3. The SMILES string of the molecule is CCc1cc(=O)[nH]c(-n2nc(C)cc2NC(=O)C2CCCC2)n1. The van der Waals surface area contributed by atoms with Crippen LogP contribution in [0.4, 0.5) is 5.82 Å². The van der Waals surface area contributed by atoms with E-state index >= 15 is 0 Å². The molecule has 0 spiro atoms. The van der Waals surface area contributed by atoms with Crippen LogP contribution in [0.15, 0.2) is 16.9 Å². The zero-order valence-corrected chi connectivity index (χ0v) is 13.4. The fraction of sp³-hybridized carbons (Fsp3) is 0.500. The summed E-state index contributed by atoms with van der Waals surface area (Å²) in [5.74, 6) is 0.935. The molecule has 1 aliphatic carbocycles. The molecule has 0 aromatic carbocycles. The van der Waals surface area contributed by atoms with Crippen LogP contribution in [0.5, 0.6) is 0 Å². The molecule has 1 saturated carbocycles. The van der Waals surface area contributed by atoms with Crippen molar-refractivity contribution in [1.29, 1.82) is 0 Å². The summed E-state index contributed by atoms with van der Waals surface area (Å²) < 4.78 is 1.49. The first-order valence-electron chi connectivity index (χ1n) is 8.05. The fourth-order valence-electron chi connectivity index (χ4n) is 2.94. The second-order valence-corrected chi connectivity index (χ2v) is 5.97. The lowest BCUT2D eigenvalue weighted by Crippen LogP contribution is -2.23. The number of H-pyrrole nitrogens is 1. The average Bonchev–Trinajstić information content (AvgIpc) is 3.16. The number of hydrogen-bond acceptors (Lipinski definition) is 4. The van der Waals surface area contributed by atoms with Crippen LogP contribution >= 0.6 is 0 Å². The summed E-state index contributed by atoms with van der Waals surface area (Å²) in [5.41, 5.74) is 1.20. The molecule has 7 nitrogen and oxygen atoms in total. The second kappa shape index (κ2) is 6.36. The number of aromatic amines is 1. The highest BCUT2D eigenvalue weighted by Gasteiger charge is 2.24. The van der Waals surface area contributed by atoms with Crippen LogP contribution in [-0.2, 0) is 11.2 Å². The molecule has 0 atom stereocenters. The highest BCUT2D eigenvalue weighted by molar-refractivity contribution is 5.92. The van der Waals surface area contributed by atoms with Gasteiger partial charge in [-0.2, -0.15) is 9.78 Å². The van der Waals surface area contributed by atoms with E-state index in [4.69, 9.17) is 0 Å². The summed E-state index contributed by atoms with van der Waals surface area (Å²) in [6, 6.07) is 3.25. The van der Waals surface area contributed by atoms with Crippen molar-refractivity contribution in [2.45, 2.75) is 46.0 Å². The maximum atomic E-state index is 12.4. The number of carbonyl (C=O) groups excluding carboxylic acids is 1. The number of carbonyl (C=O) groups is 1. The van der Waals surface area contributed by atoms with Crippen LogP contribution in [0.2, 0.25) is 0 Å². The van der Waals surface area contributed by atoms with Crippen LogP contribution in [0.1, 0.15) is 44.0 Å². The molecule has 3 rings (SSSR count). The van der Waals surface area contributed by atoms with Crippen LogP contribution in [0, 0.1) is 12.8 Å². The third-order valence-electron chi connectivity index (χ3n) is 4.15.